The number of aromatic amines is 1. The molecule has 0 aliphatic heterocycles. The summed E-state index contributed by atoms with van der Waals surface area (Å²) in [4.78, 5) is 235. The van der Waals surface area contributed by atoms with Gasteiger partial charge in [-0.25, -0.2) is 4.79 Å². The van der Waals surface area contributed by atoms with Gasteiger partial charge in [-0.05, 0) is 81.2 Å². The molecule has 3 rings (SSSR count). The van der Waals surface area contributed by atoms with Gasteiger partial charge in [0.2, 0.25) is 82.7 Å². The Kier molecular flexibility index (Phi) is 43.8. The van der Waals surface area contributed by atoms with Crippen molar-refractivity contribution in [2.75, 3.05) is 37.9 Å². The number of hydrogen-bond donors (Lipinski definition) is 31. The zero-order chi connectivity index (χ0) is 91.4. The molecule has 0 radical (unpaired) electrons. The number of H-pyrrole nitrogens is 1. The Morgan fingerprint density at radius 2 is 0.810 bits per heavy atom. The molecule has 672 valence electrons. The zero-order valence-electron chi connectivity index (χ0n) is 67.1. The lowest BCUT2D eigenvalue weighted by molar-refractivity contribution is -0.144. The summed E-state index contributed by atoms with van der Waals surface area (Å²) in [7, 11) is 0. The molecule has 0 fully saturated rings. The van der Waals surface area contributed by atoms with Gasteiger partial charge in [0.15, 0.2) is 5.96 Å². The zero-order valence-corrected chi connectivity index (χ0v) is 68.9. The Balaban J connectivity index is 1.97. The third kappa shape index (κ3) is 34.2. The third-order valence-corrected chi connectivity index (χ3v) is 19.2. The molecule has 14 amide bonds. The monoisotopic (exact) mass is 1750 g/mol. The smallest absolute Gasteiger partial charge is 0.326 e. The Bertz CT molecular complexity index is 4100. The van der Waals surface area contributed by atoms with Crippen LogP contribution in [0.15, 0.2) is 54.7 Å². The first-order chi connectivity index (χ1) is 56.8. The van der Waals surface area contributed by atoms with Crippen LogP contribution in [0.25, 0.3) is 10.9 Å². The van der Waals surface area contributed by atoms with Crippen molar-refractivity contribution in [1.29, 1.82) is 5.41 Å². The number of aliphatic hydroxyl groups is 6. The van der Waals surface area contributed by atoms with E-state index >= 15 is 0 Å². The van der Waals surface area contributed by atoms with Crippen molar-refractivity contribution in [2.24, 2.45) is 23.3 Å². The maximum absolute atomic E-state index is 14.6. The SMILES string of the molecule is CC[C@H](C)[C@H](NC(=O)[C@H](CS)NC(=O)[C@H](CO)NC(=O)[C@H](CC(=O)O)NC(=O)[C@H](Cc1ccc(O)cc1)NC(=O)[C@H](CC(C)C)NC(=O)[C@H](CC(=O)O)NC(=O)[C@H](CO)NC(=O)[C@H](Cc1c[nH]c2ccccc12)NC(=O)[C@@H](NC(=O)[C@H](CS)NC(=O)[C@H](CCCNC(=N)N)NC(=O)[C@@H](NC(=O)[C@@H](NC(=O)[C@@H](N)CO)[C@@H](C)O)[C@@H](C)O)[C@@H](C)O)C(=O)O. The summed E-state index contributed by atoms with van der Waals surface area (Å²) in [5, 5.41) is 144. The molecule has 121 heavy (non-hydrogen) atoms. The fraction of sp³-hybridized carbons (Fsp3) is 0.562. The lowest BCUT2D eigenvalue weighted by Gasteiger charge is -2.29. The van der Waals surface area contributed by atoms with E-state index < -0.39 is 284 Å². The van der Waals surface area contributed by atoms with E-state index in [1.165, 1.54) is 30.5 Å². The standard InChI is InChI=1S/C73H111N19O27S2/c1-8-32(4)54(72(118)119)89-67(113)50(29-120)88-66(112)49(28-95)86-64(110)47(24-53(102)103)82-61(107)44(21-36-15-17-38(99)18-16-36)81-60(106)43(20-31(2)3)80-63(109)46(23-52(100)101)83-65(111)48(27-94)85-62(108)45(22-37-25-78-41-13-10-9-12-39(37)41)84-70(116)55(33(5)96)91-68(114)51(30-121)87-59(105)42(14-11-19-77-73(75)76)79-69(115)56(34(6)97)92-71(117)57(35(7)98)90-58(104)40(74)26-93/h9-10,12-13,15-18,25,31-35,40,42-51,54-57,78,93-99,120-121H,8,11,14,19-24,26-30,74H2,1-7H3,(H,79,115)(H,80,109)(H,81,106)(H,82,107)(H,83,111)(H,84,116)(H,85,108)(H,86,110)(H,87,105)(H,88,112)(H,89,113)(H,90,104)(H,91,114)(H,92,117)(H,100,101)(H,102,103)(H,118,119)(H4,75,76,77)/t32-,33+,34+,35+,40-,42-,43-,44-,45-,46-,47-,48-,49-,50-,51-,54-,55-,56-,57-/m0/s1. The van der Waals surface area contributed by atoms with Gasteiger partial charge < -0.3 is 147 Å². The summed E-state index contributed by atoms with van der Waals surface area (Å²) in [6.45, 7) is 6.09. The molecule has 0 bridgehead atoms. The number of carboxylic acids is 3. The van der Waals surface area contributed by atoms with Crippen LogP contribution in [0.1, 0.15) is 98.1 Å². The second-order valence-corrected chi connectivity index (χ2v) is 29.5. The van der Waals surface area contributed by atoms with Gasteiger partial charge in [0.25, 0.3) is 0 Å². The van der Waals surface area contributed by atoms with Gasteiger partial charge in [-0.15, -0.1) is 0 Å². The number of amides is 14. The number of hydrogen-bond acceptors (Lipinski definition) is 28. The van der Waals surface area contributed by atoms with Crippen LogP contribution < -0.4 is 91.2 Å². The third-order valence-electron chi connectivity index (χ3n) is 18.5. The minimum Gasteiger partial charge on any atom is -0.508 e. The van der Waals surface area contributed by atoms with Crippen LogP contribution in [0.5, 0.6) is 5.75 Å². The summed E-state index contributed by atoms with van der Waals surface area (Å²) in [6.07, 6.45) is -7.63. The number of benzene rings is 2. The number of nitrogens with two attached hydrogens (primary N) is 2. The van der Waals surface area contributed by atoms with Crippen molar-refractivity contribution < 1.29 is 133 Å². The Morgan fingerprint density at radius 3 is 1.24 bits per heavy atom. The fourth-order valence-electron chi connectivity index (χ4n) is 11.5. The summed E-state index contributed by atoms with van der Waals surface area (Å²) < 4.78 is 0. The number of para-hydroxylation sites is 1. The number of fused-ring (bicyclic) bond motifs is 1. The minimum atomic E-state index is -2.18. The van der Waals surface area contributed by atoms with Crippen LogP contribution in [0.3, 0.4) is 0 Å². The molecule has 0 aliphatic carbocycles. The molecule has 31 N–H and O–H groups in total. The van der Waals surface area contributed by atoms with Crippen LogP contribution in [0.4, 0.5) is 0 Å². The van der Waals surface area contributed by atoms with Crippen molar-refractivity contribution in [3.63, 3.8) is 0 Å². The number of phenolic OH excluding ortho intramolecular Hbond substituents is 1. The fourth-order valence-corrected chi connectivity index (χ4v) is 12.1. The number of carbonyl (C=O) groups is 17. The van der Waals surface area contributed by atoms with E-state index in [-0.39, 0.29) is 37.1 Å². The average Bonchev–Trinajstić information content (AvgIpc) is 1.67. The number of aromatic hydroxyl groups is 1. The van der Waals surface area contributed by atoms with Gasteiger partial charge >= 0.3 is 17.9 Å². The molecule has 0 spiro atoms. The van der Waals surface area contributed by atoms with Gasteiger partial charge in [-0.3, -0.25) is 82.1 Å². The van der Waals surface area contributed by atoms with Gasteiger partial charge in [-0.1, -0.05) is 64.4 Å². The molecule has 0 aliphatic rings. The highest BCUT2D eigenvalue weighted by Gasteiger charge is 2.41. The van der Waals surface area contributed by atoms with E-state index in [1.807, 2.05) is 0 Å². The van der Waals surface area contributed by atoms with E-state index in [9.17, 15) is 133 Å². The molecular weight excluding hydrogens is 1640 g/mol. The number of guanidine groups is 1. The lowest BCUT2D eigenvalue weighted by atomic mass is 9.99. The summed E-state index contributed by atoms with van der Waals surface area (Å²) in [5.74, 6) is -25.2. The summed E-state index contributed by atoms with van der Waals surface area (Å²) in [5.41, 5.74) is 12.0. The quantitative estimate of drug-likeness (QED) is 0.0108. The number of thiol groups is 2. The van der Waals surface area contributed by atoms with Gasteiger partial charge in [0.05, 0.1) is 51.0 Å². The Labute approximate surface area is 704 Å². The van der Waals surface area contributed by atoms with Crippen molar-refractivity contribution in [1.82, 2.24) is 84.7 Å². The molecule has 19 atom stereocenters. The van der Waals surface area contributed by atoms with Crippen molar-refractivity contribution >= 4 is 143 Å². The normalized spacial score (nSPS) is 15.9. The predicted molar refractivity (Wildman–Crippen MR) is 433 cm³/mol. The number of nitrogens with one attached hydrogen (secondary N) is 17. The second-order valence-electron chi connectivity index (χ2n) is 28.8. The maximum Gasteiger partial charge on any atom is 0.326 e. The predicted octanol–water partition coefficient (Wildman–Crippen LogP) is -9.86. The number of aromatic nitrogens is 1. The molecule has 48 heteroatoms. The minimum absolute atomic E-state index is 0.0412. The first-order valence-electron chi connectivity index (χ1n) is 38.0. The maximum atomic E-state index is 14.6. The Hall–Kier alpha value is -11.5. The number of aliphatic carboxylic acids is 3. The van der Waals surface area contributed by atoms with E-state index in [1.54, 1.807) is 52.0 Å². The second kappa shape index (κ2) is 51.2. The van der Waals surface area contributed by atoms with E-state index in [0.717, 1.165) is 20.8 Å². The molecule has 1 heterocycles. The first-order valence-corrected chi connectivity index (χ1v) is 39.3. The number of aliphatic hydroxyl groups excluding tert-OH is 6. The van der Waals surface area contributed by atoms with Crippen LogP contribution in [0.2, 0.25) is 0 Å². The van der Waals surface area contributed by atoms with Crippen LogP contribution in [-0.2, 0) is 94.3 Å². The number of rotatable bonds is 53. The van der Waals surface area contributed by atoms with Crippen LogP contribution in [-0.4, -0.2) is 309 Å². The topological polar surface area (TPSA) is 765 Å². The molecule has 0 unspecified atom stereocenters. The van der Waals surface area contributed by atoms with Crippen molar-refractivity contribution in [2.45, 2.75) is 209 Å². The highest BCUT2D eigenvalue weighted by atomic mass is 32.1. The first kappa shape index (κ1) is 104. The molecule has 0 saturated heterocycles. The Morgan fingerprint density at radius 1 is 0.446 bits per heavy atom. The molecule has 3 aromatic rings. The summed E-state index contributed by atoms with van der Waals surface area (Å²) in [6, 6.07) is -16.0. The van der Waals surface area contributed by atoms with Crippen molar-refractivity contribution in [3.05, 3.63) is 65.9 Å². The van der Waals surface area contributed by atoms with Crippen LogP contribution in [0, 0.1) is 17.2 Å². The largest absolute Gasteiger partial charge is 0.508 e. The molecule has 1 aromatic heterocycles. The van der Waals surface area contributed by atoms with Crippen LogP contribution >= 0.6 is 25.3 Å². The van der Waals surface area contributed by atoms with Crippen molar-refractivity contribution in [3.8, 4) is 5.75 Å². The molecule has 0 saturated carbocycles. The highest BCUT2D eigenvalue weighted by Crippen LogP contribution is 2.21. The molecular formula is C73H111N19O27S2. The van der Waals surface area contributed by atoms with E-state index in [0.29, 0.717) is 22.9 Å². The number of phenols is 1. The highest BCUT2D eigenvalue weighted by molar-refractivity contribution is 7.80. The van der Waals surface area contributed by atoms with Gasteiger partial charge in [0.1, 0.15) is 96.4 Å². The average molecular weight is 1750 g/mol. The number of carboxylic acid groups (broad SMARTS) is 3. The molecule has 46 nitrogen and oxygen atoms in total. The molecule has 2 aromatic carbocycles. The van der Waals surface area contributed by atoms with Gasteiger partial charge in [-0.2, -0.15) is 25.3 Å². The van der Waals surface area contributed by atoms with Gasteiger partial charge in [0, 0.05) is 48.0 Å². The number of carbonyl (C=O) groups excluding carboxylic acids is 14. The van der Waals surface area contributed by atoms with E-state index in [4.69, 9.17) is 16.9 Å². The van der Waals surface area contributed by atoms with E-state index in [2.05, 4.69) is 110 Å². The lowest BCUT2D eigenvalue weighted by Crippen LogP contribution is -2.63. The summed E-state index contributed by atoms with van der Waals surface area (Å²) >= 11 is 8.25.